The van der Waals surface area contributed by atoms with Crippen LogP contribution in [0.4, 0.5) is 0 Å². The number of carbonyl (C=O) groups is 2. The number of methoxy groups -OCH3 is 2. The van der Waals surface area contributed by atoms with Crippen LogP contribution in [0.5, 0.6) is 46.0 Å². The van der Waals surface area contributed by atoms with E-state index in [-0.39, 0.29) is 47.0 Å². The van der Waals surface area contributed by atoms with Gasteiger partial charge in [0.15, 0.2) is 46.0 Å². The van der Waals surface area contributed by atoms with Gasteiger partial charge in [0.2, 0.25) is 5.91 Å². The minimum atomic E-state index is -0.509. The fourth-order valence-corrected chi connectivity index (χ4v) is 4.09. The molecular formula is C36H37NO11. The molecule has 0 atom stereocenters. The van der Waals surface area contributed by atoms with E-state index in [2.05, 4.69) is 5.32 Å². The Morgan fingerprint density at radius 1 is 0.604 bits per heavy atom. The third-order valence-corrected chi connectivity index (χ3v) is 6.67. The molecule has 0 radical (unpaired) electrons. The molecule has 0 unspecified atom stereocenters. The Morgan fingerprint density at radius 2 is 1.08 bits per heavy atom. The number of hydrogen-bond donors (Lipinski definition) is 7. The number of carbonyl (C=O) groups excluding carboxylic acids is 2. The molecule has 0 aliphatic heterocycles. The SMILES string of the molecule is COc1cc(/C=C/C(=O)NCCc2ccc(O)c(O)c2)ccc1O.COc1cc(/C=C/C(=O)OCCc2ccc(O)c(O)c2)ccc1O. The number of hydrogen-bond acceptors (Lipinski definition) is 11. The zero-order chi connectivity index (χ0) is 35.1. The zero-order valence-corrected chi connectivity index (χ0v) is 26.3. The molecule has 0 aromatic heterocycles. The summed E-state index contributed by atoms with van der Waals surface area (Å²) in [5, 5.41) is 59.0. The van der Waals surface area contributed by atoms with Crippen LogP contribution in [-0.2, 0) is 27.2 Å². The van der Waals surface area contributed by atoms with Gasteiger partial charge >= 0.3 is 5.97 Å². The van der Waals surface area contributed by atoms with Crippen molar-refractivity contribution < 1.29 is 54.4 Å². The summed E-state index contributed by atoms with van der Waals surface area (Å²) in [7, 11) is 2.90. The maximum atomic E-state index is 11.8. The Labute approximate surface area is 277 Å². The van der Waals surface area contributed by atoms with Crippen LogP contribution in [0.1, 0.15) is 22.3 Å². The highest BCUT2D eigenvalue weighted by molar-refractivity contribution is 5.91. The van der Waals surface area contributed by atoms with E-state index >= 15 is 0 Å². The van der Waals surface area contributed by atoms with E-state index < -0.39 is 5.97 Å². The molecule has 4 aromatic rings. The van der Waals surface area contributed by atoms with Gasteiger partial charge in [-0.3, -0.25) is 4.79 Å². The Balaban J connectivity index is 0.000000260. The Morgan fingerprint density at radius 3 is 1.58 bits per heavy atom. The molecule has 0 aliphatic carbocycles. The number of aromatic hydroxyl groups is 6. The molecule has 0 aliphatic rings. The summed E-state index contributed by atoms with van der Waals surface area (Å²) in [6.07, 6.45) is 6.78. The minimum Gasteiger partial charge on any atom is -0.504 e. The summed E-state index contributed by atoms with van der Waals surface area (Å²) < 4.78 is 15.1. The summed E-state index contributed by atoms with van der Waals surface area (Å²) in [6.45, 7) is 0.540. The van der Waals surface area contributed by atoms with Crippen LogP contribution in [0.3, 0.4) is 0 Å². The molecule has 12 nitrogen and oxygen atoms in total. The highest BCUT2D eigenvalue weighted by atomic mass is 16.5. The van der Waals surface area contributed by atoms with Gasteiger partial charge in [0.1, 0.15) is 0 Å². The molecule has 0 saturated carbocycles. The molecule has 0 bridgehead atoms. The number of benzene rings is 4. The van der Waals surface area contributed by atoms with Crippen LogP contribution < -0.4 is 14.8 Å². The van der Waals surface area contributed by atoms with Gasteiger partial charge in [-0.25, -0.2) is 4.79 Å². The maximum absolute atomic E-state index is 11.8. The summed E-state index contributed by atoms with van der Waals surface area (Å²) >= 11 is 0. The molecule has 7 N–H and O–H groups in total. The average molecular weight is 660 g/mol. The normalized spacial score (nSPS) is 10.7. The predicted octanol–water partition coefficient (Wildman–Crippen LogP) is 4.80. The minimum absolute atomic E-state index is 0.0226. The van der Waals surface area contributed by atoms with Crippen molar-refractivity contribution >= 4 is 24.0 Å². The number of amides is 1. The number of esters is 1. The van der Waals surface area contributed by atoms with Crippen molar-refractivity contribution in [2.45, 2.75) is 12.8 Å². The molecule has 0 heterocycles. The van der Waals surface area contributed by atoms with Gasteiger partial charge in [0, 0.05) is 25.1 Å². The van der Waals surface area contributed by atoms with E-state index in [0.29, 0.717) is 36.4 Å². The van der Waals surface area contributed by atoms with E-state index in [9.17, 15) is 40.2 Å². The summed E-state index contributed by atoms with van der Waals surface area (Å²) in [5.74, 6) is -0.805. The van der Waals surface area contributed by atoms with Crippen molar-refractivity contribution in [2.75, 3.05) is 27.4 Å². The lowest BCUT2D eigenvalue weighted by atomic mass is 10.1. The zero-order valence-electron chi connectivity index (χ0n) is 26.3. The first-order valence-electron chi connectivity index (χ1n) is 14.6. The second kappa shape index (κ2) is 18.0. The topological polar surface area (TPSA) is 195 Å². The quantitative estimate of drug-likeness (QED) is 0.0627. The van der Waals surface area contributed by atoms with Crippen LogP contribution in [0.2, 0.25) is 0 Å². The largest absolute Gasteiger partial charge is 0.504 e. The molecular weight excluding hydrogens is 622 g/mol. The summed E-state index contributed by atoms with van der Waals surface area (Å²) in [5.41, 5.74) is 2.96. The molecule has 0 saturated heterocycles. The molecule has 1 amide bonds. The molecule has 12 heteroatoms. The van der Waals surface area contributed by atoms with Gasteiger partial charge in [0.05, 0.1) is 20.8 Å². The molecule has 4 aromatic carbocycles. The van der Waals surface area contributed by atoms with Gasteiger partial charge < -0.3 is 50.2 Å². The number of rotatable bonds is 12. The highest BCUT2D eigenvalue weighted by Crippen LogP contribution is 2.28. The average Bonchev–Trinajstić information content (AvgIpc) is 3.07. The molecule has 0 fully saturated rings. The van der Waals surface area contributed by atoms with E-state index in [1.54, 1.807) is 48.6 Å². The van der Waals surface area contributed by atoms with Crippen molar-refractivity contribution in [3.8, 4) is 46.0 Å². The van der Waals surface area contributed by atoms with Crippen LogP contribution >= 0.6 is 0 Å². The second-order valence-electron chi connectivity index (χ2n) is 10.1. The fourth-order valence-electron chi connectivity index (χ4n) is 4.09. The second-order valence-corrected chi connectivity index (χ2v) is 10.1. The van der Waals surface area contributed by atoms with E-state index in [1.165, 1.54) is 62.8 Å². The standard InChI is InChI=1S/C18H19NO5.C18H18O6/c1-24-17-11-12(3-6-15(17)21)4-7-18(23)19-9-8-13-2-5-14(20)16(22)10-13;1-23-17-11-12(3-6-15(17)20)4-7-18(22)24-9-8-13-2-5-14(19)16(21)10-13/h2-7,10-11,20-22H,8-9H2,1H3,(H,19,23);2-7,10-11,19-21H,8-9H2,1H3/b2*7-4+. The lowest BCUT2D eigenvalue weighted by Gasteiger charge is -2.05. The maximum Gasteiger partial charge on any atom is 0.330 e. The monoisotopic (exact) mass is 659 g/mol. The van der Waals surface area contributed by atoms with Gasteiger partial charge in [-0.05, 0) is 89.4 Å². The molecule has 0 spiro atoms. The van der Waals surface area contributed by atoms with Crippen LogP contribution in [0.25, 0.3) is 12.2 Å². The highest BCUT2D eigenvalue weighted by Gasteiger charge is 2.05. The molecule has 252 valence electrons. The fraction of sp³-hybridized carbons (Fsp3) is 0.167. The number of ether oxygens (including phenoxy) is 3. The van der Waals surface area contributed by atoms with Crippen LogP contribution in [0, 0.1) is 0 Å². The molecule has 48 heavy (non-hydrogen) atoms. The van der Waals surface area contributed by atoms with Crippen LogP contribution in [0.15, 0.2) is 84.9 Å². The first-order valence-corrected chi connectivity index (χ1v) is 14.6. The van der Waals surface area contributed by atoms with Gasteiger partial charge in [-0.1, -0.05) is 24.3 Å². The predicted molar refractivity (Wildman–Crippen MR) is 178 cm³/mol. The third kappa shape index (κ3) is 11.6. The number of phenolic OH excluding ortho intramolecular Hbond substituents is 6. The van der Waals surface area contributed by atoms with E-state index in [4.69, 9.17) is 14.2 Å². The van der Waals surface area contributed by atoms with Crippen LogP contribution in [-0.4, -0.2) is 69.9 Å². The first-order chi connectivity index (χ1) is 23.0. The molecule has 4 rings (SSSR count). The number of phenols is 6. The van der Waals surface area contributed by atoms with E-state index in [1.807, 2.05) is 0 Å². The van der Waals surface area contributed by atoms with E-state index in [0.717, 1.165) is 16.7 Å². The number of nitrogens with one attached hydrogen (secondary N) is 1. The first kappa shape index (κ1) is 36.2. The van der Waals surface area contributed by atoms with Gasteiger partial charge in [-0.15, -0.1) is 0 Å². The third-order valence-electron chi connectivity index (χ3n) is 6.67. The van der Waals surface area contributed by atoms with Crippen molar-refractivity contribution in [1.82, 2.24) is 5.32 Å². The lowest BCUT2D eigenvalue weighted by Crippen LogP contribution is -2.23. The van der Waals surface area contributed by atoms with Crippen molar-refractivity contribution in [1.29, 1.82) is 0 Å². The van der Waals surface area contributed by atoms with Crippen molar-refractivity contribution in [3.63, 3.8) is 0 Å². The summed E-state index contributed by atoms with van der Waals surface area (Å²) in [4.78, 5) is 23.5. The van der Waals surface area contributed by atoms with Crippen molar-refractivity contribution in [2.24, 2.45) is 0 Å². The van der Waals surface area contributed by atoms with Gasteiger partial charge in [0.25, 0.3) is 0 Å². The Hall–Kier alpha value is -6.30. The lowest BCUT2D eigenvalue weighted by molar-refractivity contribution is -0.137. The smallest absolute Gasteiger partial charge is 0.330 e. The Kier molecular flexibility index (Phi) is 13.6. The van der Waals surface area contributed by atoms with Crippen molar-refractivity contribution in [3.05, 3.63) is 107 Å². The van der Waals surface area contributed by atoms with Gasteiger partial charge in [-0.2, -0.15) is 0 Å². The summed E-state index contributed by atoms with van der Waals surface area (Å²) in [6, 6.07) is 18.5. The Bertz CT molecular complexity index is 1640.